The molecule has 1 amide bonds. The number of nitrogens with one attached hydrogen (secondary N) is 1. The number of carbonyl (C=O) groups excluding carboxylic acids is 1. The minimum atomic E-state index is 0.0103. The molecule has 142 valence electrons. The predicted octanol–water partition coefficient (Wildman–Crippen LogP) is 3.10. The third-order valence-electron chi connectivity index (χ3n) is 5.68. The maximum atomic E-state index is 12.5. The summed E-state index contributed by atoms with van der Waals surface area (Å²) in [6.07, 6.45) is 5.55. The fourth-order valence-corrected chi connectivity index (χ4v) is 5.39. The van der Waals surface area contributed by atoms with Crippen molar-refractivity contribution in [1.29, 1.82) is 5.26 Å². The Morgan fingerprint density at radius 1 is 1.27 bits per heavy atom. The first-order valence-corrected chi connectivity index (χ1v) is 10.7. The molecule has 1 aromatic rings. The number of nitriles is 1. The monoisotopic (exact) mass is 374 g/mol. The molecule has 0 radical (unpaired) electrons. The summed E-state index contributed by atoms with van der Waals surface area (Å²) in [7, 11) is 0. The van der Waals surface area contributed by atoms with Crippen LogP contribution in [0, 0.1) is 17.2 Å². The lowest BCUT2D eigenvalue weighted by Crippen LogP contribution is -2.48. The van der Waals surface area contributed by atoms with E-state index < -0.39 is 0 Å². The van der Waals surface area contributed by atoms with E-state index in [1.54, 1.807) is 11.3 Å². The van der Waals surface area contributed by atoms with Crippen LogP contribution < -0.4 is 5.32 Å². The zero-order valence-corrected chi connectivity index (χ0v) is 16.8. The molecule has 1 aliphatic carbocycles. The minimum absolute atomic E-state index is 0.0103. The number of hydrogen-bond donors (Lipinski definition) is 1. The molecule has 2 aliphatic rings. The van der Waals surface area contributed by atoms with Crippen LogP contribution in [0.3, 0.4) is 0 Å². The van der Waals surface area contributed by atoms with Crippen LogP contribution in [-0.2, 0) is 17.6 Å². The van der Waals surface area contributed by atoms with Gasteiger partial charge >= 0.3 is 0 Å². The number of carbonyl (C=O) groups is 1. The second-order valence-electron chi connectivity index (χ2n) is 7.50. The average molecular weight is 375 g/mol. The van der Waals surface area contributed by atoms with E-state index in [1.807, 2.05) is 0 Å². The predicted molar refractivity (Wildman–Crippen MR) is 107 cm³/mol. The van der Waals surface area contributed by atoms with Crippen LogP contribution in [-0.4, -0.2) is 55.0 Å². The van der Waals surface area contributed by atoms with Crippen LogP contribution in [0.2, 0.25) is 0 Å². The molecule has 1 aliphatic heterocycles. The Balaban J connectivity index is 1.58. The molecule has 1 N–H and O–H groups in total. The molecule has 5 nitrogen and oxygen atoms in total. The van der Waals surface area contributed by atoms with Gasteiger partial charge in [0, 0.05) is 31.1 Å². The molecular weight excluding hydrogens is 344 g/mol. The van der Waals surface area contributed by atoms with Crippen molar-refractivity contribution >= 4 is 22.2 Å². The van der Waals surface area contributed by atoms with E-state index in [9.17, 15) is 10.1 Å². The highest BCUT2D eigenvalue weighted by Crippen LogP contribution is 2.39. The van der Waals surface area contributed by atoms with Gasteiger partial charge < -0.3 is 10.2 Å². The first-order valence-electron chi connectivity index (χ1n) is 9.93. The summed E-state index contributed by atoms with van der Waals surface area (Å²) in [5.74, 6) is 0.728. The molecule has 0 aromatic carbocycles. The van der Waals surface area contributed by atoms with Gasteiger partial charge in [-0.1, -0.05) is 20.3 Å². The van der Waals surface area contributed by atoms with Crippen molar-refractivity contribution in [2.75, 3.05) is 44.6 Å². The second kappa shape index (κ2) is 8.98. The summed E-state index contributed by atoms with van der Waals surface area (Å²) in [6, 6.07) is 2.34. The first-order chi connectivity index (χ1) is 12.6. The van der Waals surface area contributed by atoms with Gasteiger partial charge in [0.1, 0.15) is 11.1 Å². The highest BCUT2D eigenvalue weighted by molar-refractivity contribution is 7.16. The Bertz CT molecular complexity index is 670. The summed E-state index contributed by atoms with van der Waals surface area (Å²) in [6.45, 7) is 9.96. The number of piperazine rings is 1. The van der Waals surface area contributed by atoms with E-state index in [2.05, 4.69) is 35.0 Å². The maximum Gasteiger partial charge on any atom is 0.239 e. The van der Waals surface area contributed by atoms with Gasteiger partial charge in [0.05, 0.1) is 12.1 Å². The third-order valence-corrected chi connectivity index (χ3v) is 6.85. The smallest absolute Gasteiger partial charge is 0.239 e. The molecule has 2 heterocycles. The Morgan fingerprint density at radius 2 is 2.00 bits per heavy atom. The van der Waals surface area contributed by atoms with Crippen molar-refractivity contribution in [3.05, 3.63) is 16.0 Å². The molecule has 0 unspecified atom stereocenters. The summed E-state index contributed by atoms with van der Waals surface area (Å²) in [5.41, 5.74) is 1.89. The number of fused-ring (bicyclic) bond motifs is 1. The van der Waals surface area contributed by atoms with Crippen molar-refractivity contribution < 1.29 is 4.79 Å². The molecule has 1 saturated heterocycles. The molecular formula is C20H30N4OS. The summed E-state index contributed by atoms with van der Waals surface area (Å²) < 4.78 is 0. The zero-order chi connectivity index (χ0) is 18.5. The van der Waals surface area contributed by atoms with Crippen LogP contribution in [0.5, 0.6) is 0 Å². The van der Waals surface area contributed by atoms with E-state index in [0.29, 0.717) is 12.1 Å². The fraction of sp³-hybridized carbons (Fsp3) is 0.700. The van der Waals surface area contributed by atoms with Crippen LogP contribution in [0.25, 0.3) is 0 Å². The number of anilines is 1. The number of thiophene rings is 1. The lowest BCUT2D eigenvalue weighted by Gasteiger charge is -2.34. The SMILES string of the molecule is CCCN1CCN(CC(=O)Nc2sc3c(c2C#N)CC[C@@H](CC)C3)CC1. The quantitative estimate of drug-likeness (QED) is 0.831. The van der Waals surface area contributed by atoms with Gasteiger partial charge in [0.2, 0.25) is 5.91 Å². The van der Waals surface area contributed by atoms with Crippen molar-refractivity contribution in [2.45, 2.75) is 46.0 Å². The number of hydrogen-bond acceptors (Lipinski definition) is 5. The lowest BCUT2D eigenvalue weighted by molar-refractivity contribution is -0.117. The van der Waals surface area contributed by atoms with E-state index in [4.69, 9.17) is 0 Å². The first kappa shape index (κ1) is 19.3. The maximum absolute atomic E-state index is 12.5. The molecule has 6 heteroatoms. The van der Waals surface area contributed by atoms with Crippen LogP contribution >= 0.6 is 11.3 Å². The lowest BCUT2D eigenvalue weighted by atomic mass is 9.86. The number of nitrogens with zero attached hydrogens (tertiary/aromatic N) is 3. The summed E-state index contributed by atoms with van der Waals surface area (Å²) in [4.78, 5) is 18.5. The topological polar surface area (TPSA) is 59.4 Å². The normalized spacial score (nSPS) is 21.2. The van der Waals surface area contributed by atoms with Gasteiger partial charge in [-0.05, 0) is 43.7 Å². The van der Waals surface area contributed by atoms with Gasteiger partial charge in [-0.3, -0.25) is 9.69 Å². The molecule has 1 fully saturated rings. The number of rotatable bonds is 6. The highest BCUT2D eigenvalue weighted by Gasteiger charge is 2.26. The highest BCUT2D eigenvalue weighted by atomic mass is 32.1. The van der Waals surface area contributed by atoms with Crippen LogP contribution in [0.15, 0.2) is 0 Å². The van der Waals surface area contributed by atoms with Crippen LogP contribution in [0.4, 0.5) is 5.00 Å². The Hall–Kier alpha value is -1.42. The molecule has 3 rings (SSSR count). The van der Waals surface area contributed by atoms with Gasteiger partial charge in [-0.2, -0.15) is 5.26 Å². The zero-order valence-electron chi connectivity index (χ0n) is 16.0. The third kappa shape index (κ3) is 4.46. The Morgan fingerprint density at radius 3 is 2.65 bits per heavy atom. The molecule has 1 atom stereocenters. The van der Waals surface area contributed by atoms with Crippen molar-refractivity contribution in [1.82, 2.24) is 9.80 Å². The van der Waals surface area contributed by atoms with Crippen LogP contribution in [0.1, 0.15) is 49.1 Å². The fourth-order valence-electron chi connectivity index (χ4n) is 4.07. The summed E-state index contributed by atoms with van der Waals surface area (Å²) >= 11 is 1.62. The number of amides is 1. The molecule has 1 aromatic heterocycles. The van der Waals surface area contributed by atoms with E-state index >= 15 is 0 Å². The molecule has 26 heavy (non-hydrogen) atoms. The molecule has 0 bridgehead atoms. The molecule has 0 saturated carbocycles. The molecule has 0 spiro atoms. The van der Waals surface area contributed by atoms with Crippen molar-refractivity contribution in [3.8, 4) is 6.07 Å². The van der Waals surface area contributed by atoms with E-state index in [-0.39, 0.29) is 5.91 Å². The van der Waals surface area contributed by atoms with Crippen molar-refractivity contribution in [2.24, 2.45) is 5.92 Å². The van der Waals surface area contributed by atoms with E-state index in [1.165, 1.54) is 23.3 Å². The summed E-state index contributed by atoms with van der Waals surface area (Å²) in [5, 5.41) is 13.4. The van der Waals surface area contributed by atoms with E-state index in [0.717, 1.165) is 62.9 Å². The minimum Gasteiger partial charge on any atom is -0.315 e. The average Bonchev–Trinajstić information content (AvgIpc) is 2.99. The van der Waals surface area contributed by atoms with Gasteiger partial charge in [-0.15, -0.1) is 11.3 Å². The standard InChI is InChI=1S/C20H30N4OS/c1-3-7-23-8-10-24(11-9-23)14-19(25)22-20-17(13-21)16-6-5-15(4-2)12-18(16)26-20/h15H,3-12,14H2,1-2H3,(H,22,25)/t15-/m1/s1. The van der Waals surface area contributed by atoms with Crippen molar-refractivity contribution in [3.63, 3.8) is 0 Å². The Labute approximate surface area is 161 Å². The largest absolute Gasteiger partial charge is 0.315 e. The van der Waals surface area contributed by atoms with Gasteiger partial charge in [0.25, 0.3) is 0 Å². The second-order valence-corrected chi connectivity index (χ2v) is 8.61. The Kier molecular flexibility index (Phi) is 6.68. The van der Waals surface area contributed by atoms with Gasteiger partial charge in [-0.25, -0.2) is 0 Å². The van der Waals surface area contributed by atoms with Gasteiger partial charge in [0.15, 0.2) is 0 Å².